The number of aromatic nitrogens is 5. The lowest BCUT2D eigenvalue weighted by Crippen LogP contribution is -2.42. The number of fused-ring (bicyclic) bond motifs is 3. The first kappa shape index (κ1) is 13.0. The minimum atomic E-state index is -1.44. The third-order valence-electron chi connectivity index (χ3n) is 3.77. The Bertz CT molecular complexity index is 648. The van der Waals surface area contributed by atoms with E-state index in [-0.39, 0.29) is 5.82 Å². The molecule has 0 radical (unpaired) electrons. The summed E-state index contributed by atoms with van der Waals surface area (Å²) in [6.45, 7) is 5.26. The van der Waals surface area contributed by atoms with Crippen LogP contribution in [0.3, 0.4) is 0 Å². The fraction of sp³-hybridized carbons (Fsp3) is 0.636. The minimum Gasteiger partial charge on any atom is -0.384 e. The minimum absolute atomic E-state index is 0.287. The van der Waals surface area contributed by atoms with Gasteiger partial charge in [0, 0.05) is 0 Å². The summed E-state index contributed by atoms with van der Waals surface area (Å²) < 4.78 is 6.01. The molecule has 0 aromatic carbocycles. The van der Waals surface area contributed by atoms with Gasteiger partial charge in [-0.05, 0) is 30.1 Å². The quantitative estimate of drug-likeness (QED) is 0.731. The summed E-state index contributed by atoms with van der Waals surface area (Å²) in [6.07, 6.45) is 0.766. The van der Waals surface area contributed by atoms with Crippen molar-refractivity contribution in [2.45, 2.75) is 44.9 Å². The first-order valence-electron chi connectivity index (χ1n) is 6.45. The molecule has 9 heteroatoms. The van der Waals surface area contributed by atoms with Crippen LogP contribution in [0.25, 0.3) is 5.82 Å². The number of aliphatic hydroxyl groups is 2. The van der Waals surface area contributed by atoms with Crippen LogP contribution >= 0.6 is 0 Å². The predicted octanol–water partition coefficient (Wildman–Crippen LogP) is 0.248. The lowest BCUT2D eigenvalue weighted by molar-refractivity contribution is 0.0246. The van der Waals surface area contributed by atoms with E-state index in [1.165, 1.54) is 4.68 Å². The molecule has 0 fully saturated rings. The molecule has 2 aromatic heterocycles. The van der Waals surface area contributed by atoms with Gasteiger partial charge in [-0.15, -0.1) is 5.10 Å². The fourth-order valence-electron chi connectivity index (χ4n) is 2.24. The van der Waals surface area contributed by atoms with Gasteiger partial charge in [0.1, 0.15) is 17.0 Å². The molecule has 0 saturated carbocycles. The summed E-state index contributed by atoms with van der Waals surface area (Å²) in [5, 5.41) is 39.5. The maximum absolute atomic E-state index is 10.8. The molecule has 3 N–H and O–H groups in total. The highest BCUT2D eigenvalue weighted by Crippen LogP contribution is 2.39. The van der Waals surface area contributed by atoms with E-state index in [9.17, 15) is 10.2 Å². The van der Waals surface area contributed by atoms with Crippen molar-refractivity contribution in [1.29, 1.82) is 0 Å². The summed E-state index contributed by atoms with van der Waals surface area (Å²) in [7, 11) is 0. The third kappa shape index (κ3) is 1.56. The summed E-state index contributed by atoms with van der Waals surface area (Å²) in [4.78, 5) is 0. The van der Waals surface area contributed by atoms with Gasteiger partial charge in [-0.2, -0.15) is 4.68 Å². The molecule has 3 rings (SSSR count). The Balaban J connectivity index is 2.27. The SMILES string of the molecule is CC[C@@]1(O)Nc2nonc2-n2nnc([C@](C)(O)CC)c21. The molecule has 20 heavy (non-hydrogen) atoms. The maximum atomic E-state index is 10.8. The van der Waals surface area contributed by atoms with Crippen molar-refractivity contribution in [3.63, 3.8) is 0 Å². The highest BCUT2D eigenvalue weighted by molar-refractivity contribution is 5.56. The van der Waals surface area contributed by atoms with Crippen LogP contribution in [0.2, 0.25) is 0 Å². The first-order chi connectivity index (χ1) is 9.43. The van der Waals surface area contributed by atoms with Crippen molar-refractivity contribution in [2.24, 2.45) is 0 Å². The van der Waals surface area contributed by atoms with Crippen molar-refractivity contribution < 1.29 is 14.8 Å². The summed E-state index contributed by atoms with van der Waals surface area (Å²) in [5.41, 5.74) is -1.98. The number of rotatable bonds is 3. The third-order valence-corrected chi connectivity index (χ3v) is 3.77. The van der Waals surface area contributed by atoms with Crippen LogP contribution in [-0.4, -0.2) is 35.5 Å². The lowest BCUT2D eigenvalue weighted by Gasteiger charge is -2.33. The molecule has 9 nitrogen and oxygen atoms in total. The van der Waals surface area contributed by atoms with Crippen LogP contribution in [0.5, 0.6) is 0 Å². The van der Waals surface area contributed by atoms with Crippen LogP contribution in [0, 0.1) is 0 Å². The van der Waals surface area contributed by atoms with Crippen LogP contribution in [0.15, 0.2) is 4.63 Å². The van der Waals surface area contributed by atoms with Gasteiger partial charge in [-0.25, -0.2) is 4.63 Å². The van der Waals surface area contributed by atoms with Gasteiger partial charge in [0.05, 0.1) is 0 Å². The Morgan fingerprint density at radius 2 is 2.15 bits per heavy atom. The van der Waals surface area contributed by atoms with Gasteiger partial charge in [0.2, 0.25) is 11.6 Å². The summed E-state index contributed by atoms with van der Waals surface area (Å²) in [5.74, 6) is 0.596. The van der Waals surface area contributed by atoms with Crippen molar-refractivity contribution in [2.75, 3.05) is 5.32 Å². The van der Waals surface area contributed by atoms with E-state index in [0.717, 1.165) is 0 Å². The largest absolute Gasteiger partial charge is 0.384 e. The number of nitrogens with zero attached hydrogens (tertiary/aromatic N) is 5. The van der Waals surface area contributed by atoms with E-state index in [1.54, 1.807) is 13.8 Å². The Morgan fingerprint density at radius 3 is 2.80 bits per heavy atom. The second kappa shape index (κ2) is 4.00. The molecule has 2 atom stereocenters. The van der Waals surface area contributed by atoms with E-state index in [0.29, 0.717) is 30.0 Å². The van der Waals surface area contributed by atoms with Gasteiger partial charge < -0.3 is 15.5 Å². The van der Waals surface area contributed by atoms with E-state index in [1.807, 2.05) is 6.92 Å². The van der Waals surface area contributed by atoms with E-state index in [4.69, 9.17) is 0 Å². The Kier molecular flexibility index (Phi) is 2.60. The smallest absolute Gasteiger partial charge is 0.244 e. The Hall–Kier alpha value is -2.00. The normalized spacial score (nSPS) is 23.6. The zero-order chi connectivity index (χ0) is 14.5. The van der Waals surface area contributed by atoms with Gasteiger partial charge in [-0.3, -0.25) is 0 Å². The molecule has 2 aromatic rings. The molecular formula is C11H16N6O3. The standard InChI is InChI=1S/C11H16N6O3/c1-4-10(3,18)6-7-11(19,5-2)12-8-9(15-20-14-8)17(7)16-13-6/h18-19H,4-5H2,1-3H3,(H,12,14)/t10-,11+/m1/s1. The molecule has 0 unspecified atom stereocenters. The monoisotopic (exact) mass is 280 g/mol. The molecule has 1 aliphatic rings. The lowest BCUT2D eigenvalue weighted by atomic mass is 9.91. The van der Waals surface area contributed by atoms with Crippen LogP contribution in [0.4, 0.5) is 5.82 Å². The van der Waals surface area contributed by atoms with Crippen LogP contribution in [0.1, 0.15) is 45.0 Å². The first-order valence-corrected chi connectivity index (χ1v) is 6.45. The van der Waals surface area contributed by atoms with E-state index >= 15 is 0 Å². The van der Waals surface area contributed by atoms with Gasteiger partial charge >= 0.3 is 0 Å². The molecule has 0 amide bonds. The molecule has 108 valence electrons. The van der Waals surface area contributed by atoms with Gasteiger partial charge in [0.25, 0.3) is 0 Å². The van der Waals surface area contributed by atoms with Crippen LogP contribution < -0.4 is 5.32 Å². The highest BCUT2D eigenvalue weighted by atomic mass is 16.6. The number of hydrogen-bond donors (Lipinski definition) is 3. The van der Waals surface area contributed by atoms with Crippen molar-refractivity contribution in [3.8, 4) is 5.82 Å². The number of hydrogen-bond acceptors (Lipinski definition) is 8. The van der Waals surface area contributed by atoms with Crippen molar-refractivity contribution in [3.05, 3.63) is 11.4 Å². The second-order valence-electron chi connectivity index (χ2n) is 5.10. The van der Waals surface area contributed by atoms with Gasteiger partial charge in [0.15, 0.2) is 5.72 Å². The predicted molar refractivity (Wildman–Crippen MR) is 66.9 cm³/mol. The number of nitrogens with one attached hydrogen (secondary N) is 1. The average Bonchev–Trinajstić information content (AvgIpc) is 3.04. The van der Waals surface area contributed by atoms with E-state index < -0.39 is 11.3 Å². The maximum Gasteiger partial charge on any atom is 0.244 e. The Labute approximate surface area is 114 Å². The van der Waals surface area contributed by atoms with Crippen LogP contribution in [-0.2, 0) is 11.3 Å². The fourth-order valence-corrected chi connectivity index (χ4v) is 2.24. The molecule has 0 spiro atoms. The molecule has 3 heterocycles. The zero-order valence-corrected chi connectivity index (χ0v) is 11.5. The van der Waals surface area contributed by atoms with E-state index in [2.05, 4.69) is 30.6 Å². The highest BCUT2D eigenvalue weighted by Gasteiger charge is 2.45. The molecule has 0 saturated heterocycles. The second-order valence-corrected chi connectivity index (χ2v) is 5.10. The molecule has 1 aliphatic heterocycles. The molecule has 0 aliphatic carbocycles. The summed E-state index contributed by atoms with van der Waals surface area (Å²) >= 11 is 0. The van der Waals surface area contributed by atoms with Crippen molar-refractivity contribution in [1.82, 2.24) is 25.3 Å². The Morgan fingerprint density at radius 1 is 1.40 bits per heavy atom. The molecule has 0 bridgehead atoms. The number of anilines is 1. The topological polar surface area (TPSA) is 122 Å². The average molecular weight is 280 g/mol. The molecular weight excluding hydrogens is 264 g/mol. The van der Waals surface area contributed by atoms with Crippen molar-refractivity contribution >= 4 is 5.82 Å². The van der Waals surface area contributed by atoms with Gasteiger partial charge in [-0.1, -0.05) is 19.1 Å². The zero-order valence-electron chi connectivity index (χ0n) is 11.5. The summed E-state index contributed by atoms with van der Waals surface area (Å²) in [6, 6.07) is 0.